The fraction of sp³-hybridized carbons (Fsp3) is 0.0513. The SMILES string of the molecule is C1=CC2c3ccccc3-c3c(cc(-c4ccc(-c5cn6ccccc6n5)c5ccccc45)c4ccccc34)C2C=C1. The summed E-state index contributed by atoms with van der Waals surface area (Å²) in [6.45, 7) is 0. The Morgan fingerprint density at radius 2 is 1.15 bits per heavy atom. The summed E-state index contributed by atoms with van der Waals surface area (Å²) in [6, 6.07) is 39.9. The molecule has 0 aliphatic heterocycles. The number of hydrogen-bond donors (Lipinski definition) is 0. The third-order valence-corrected chi connectivity index (χ3v) is 9.01. The maximum absolute atomic E-state index is 4.96. The second-order valence-corrected chi connectivity index (χ2v) is 11.1. The van der Waals surface area contributed by atoms with E-state index in [0.717, 1.165) is 16.9 Å². The molecule has 2 atom stereocenters. The molecule has 0 fully saturated rings. The molecule has 2 aliphatic carbocycles. The van der Waals surface area contributed by atoms with E-state index in [4.69, 9.17) is 4.98 Å². The predicted octanol–water partition coefficient (Wildman–Crippen LogP) is 9.95. The second kappa shape index (κ2) is 8.64. The normalized spacial score (nSPS) is 17.1. The Kier molecular flexibility index (Phi) is 4.76. The molecule has 192 valence electrons. The molecule has 7 aromatic rings. The third kappa shape index (κ3) is 3.28. The molecule has 2 heteroatoms. The average Bonchev–Trinajstić information content (AvgIpc) is 3.48. The van der Waals surface area contributed by atoms with Crippen LogP contribution in [0.2, 0.25) is 0 Å². The number of allylic oxidation sites excluding steroid dienone is 4. The topological polar surface area (TPSA) is 17.3 Å². The Morgan fingerprint density at radius 1 is 0.512 bits per heavy atom. The number of nitrogens with zero attached hydrogens (tertiary/aromatic N) is 2. The molecule has 0 radical (unpaired) electrons. The average molecular weight is 523 g/mol. The summed E-state index contributed by atoms with van der Waals surface area (Å²) in [5.74, 6) is 0.670. The van der Waals surface area contributed by atoms with Crippen molar-refractivity contribution in [2.24, 2.45) is 0 Å². The number of benzene rings is 5. The van der Waals surface area contributed by atoms with Crippen molar-refractivity contribution < 1.29 is 0 Å². The van der Waals surface area contributed by atoms with Crippen LogP contribution in [0.4, 0.5) is 0 Å². The molecule has 2 aromatic heterocycles. The van der Waals surface area contributed by atoms with E-state index in [2.05, 4.69) is 138 Å². The minimum atomic E-state index is 0.316. The van der Waals surface area contributed by atoms with E-state index in [9.17, 15) is 0 Å². The van der Waals surface area contributed by atoms with E-state index in [0.29, 0.717) is 11.8 Å². The lowest BCUT2D eigenvalue weighted by atomic mass is 9.68. The molecule has 2 aliphatic rings. The minimum absolute atomic E-state index is 0.316. The number of aromatic nitrogens is 2. The fourth-order valence-corrected chi connectivity index (χ4v) is 7.22. The van der Waals surface area contributed by atoms with Gasteiger partial charge in [-0.05, 0) is 73.1 Å². The summed E-state index contributed by atoms with van der Waals surface area (Å²) < 4.78 is 2.09. The van der Waals surface area contributed by atoms with Gasteiger partial charge in [-0.1, -0.05) is 115 Å². The third-order valence-electron chi connectivity index (χ3n) is 9.01. The standard InChI is InChI=1S/C39H26N2/c1-3-13-27-25(11-1)31(20-21-32(27)37-24-41-22-10-9-19-38(41)40-37)35-23-36-29-15-4-2-12-26(29)28-14-5-7-17-33(28)39(36)34-18-8-6-16-30(34)35/h1-24,26,29H. The van der Waals surface area contributed by atoms with Gasteiger partial charge in [-0.2, -0.15) is 0 Å². The summed E-state index contributed by atoms with van der Waals surface area (Å²) in [4.78, 5) is 4.96. The first-order valence-corrected chi connectivity index (χ1v) is 14.3. The van der Waals surface area contributed by atoms with Crippen molar-refractivity contribution in [2.45, 2.75) is 11.8 Å². The highest BCUT2D eigenvalue weighted by Crippen LogP contribution is 2.53. The van der Waals surface area contributed by atoms with Crippen molar-refractivity contribution in [1.29, 1.82) is 0 Å². The number of imidazole rings is 1. The van der Waals surface area contributed by atoms with Gasteiger partial charge >= 0.3 is 0 Å². The van der Waals surface area contributed by atoms with Crippen molar-refractivity contribution in [2.75, 3.05) is 0 Å². The molecule has 0 saturated carbocycles. The summed E-state index contributed by atoms with van der Waals surface area (Å²) in [5, 5.41) is 5.08. The van der Waals surface area contributed by atoms with Crippen LogP contribution < -0.4 is 0 Å². The molecule has 0 amide bonds. The summed E-state index contributed by atoms with van der Waals surface area (Å²) in [5.41, 5.74) is 11.2. The highest BCUT2D eigenvalue weighted by atomic mass is 15.0. The lowest BCUT2D eigenvalue weighted by Gasteiger charge is -2.35. The lowest BCUT2D eigenvalue weighted by Crippen LogP contribution is -2.17. The van der Waals surface area contributed by atoms with Gasteiger partial charge in [0, 0.05) is 29.8 Å². The van der Waals surface area contributed by atoms with Crippen LogP contribution in [0.25, 0.3) is 60.7 Å². The van der Waals surface area contributed by atoms with E-state index >= 15 is 0 Å². The molecule has 0 saturated heterocycles. The Morgan fingerprint density at radius 3 is 1.95 bits per heavy atom. The van der Waals surface area contributed by atoms with Crippen LogP contribution in [-0.2, 0) is 0 Å². The van der Waals surface area contributed by atoms with Gasteiger partial charge in [0.1, 0.15) is 5.65 Å². The number of pyridine rings is 1. The first-order chi connectivity index (χ1) is 20.3. The van der Waals surface area contributed by atoms with Gasteiger partial charge in [-0.3, -0.25) is 0 Å². The van der Waals surface area contributed by atoms with Crippen molar-refractivity contribution in [1.82, 2.24) is 9.38 Å². The highest BCUT2D eigenvalue weighted by Gasteiger charge is 2.33. The van der Waals surface area contributed by atoms with Crippen LogP contribution in [0.5, 0.6) is 0 Å². The first-order valence-electron chi connectivity index (χ1n) is 14.3. The Hall–Kier alpha value is -5.21. The second-order valence-electron chi connectivity index (χ2n) is 11.1. The van der Waals surface area contributed by atoms with Gasteiger partial charge in [0.15, 0.2) is 0 Å². The van der Waals surface area contributed by atoms with Crippen molar-refractivity contribution >= 4 is 27.2 Å². The molecule has 2 heterocycles. The van der Waals surface area contributed by atoms with Crippen LogP contribution in [0.15, 0.2) is 146 Å². The van der Waals surface area contributed by atoms with Crippen LogP contribution in [0.3, 0.4) is 0 Å². The van der Waals surface area contributed by atoms with Gasteiger partial charge in [-0.15, -0.1) is 0 Å². The Bertz CT molecular complexity index is 2200. The molecular weight excluding hydrogens is 496 g/mol. The van der Waals surface area contributed by atoms with Crippen LogP contribution in [-0.4, -0.2) is 9.38 Å². The lowest BCUT2D eigenvalue weighted by molar-refractivity contribution is 0.721. The zero-order chi connectivity index (χ0) is 26.9. The van der Waals surface area contributed by atoms with E-state index < -0.39 is 0 Å². The number of fused-ring (bicyclic) bond motifs is 10. The molecule has 0 bridgehead atoms. The minimum Gasteiger partial charge on any atom is -0.306 e. The van der Waals surface area contributed by atoms with Gasteiger partial charge in [0.2, 0.25) is 0 Å². The molecule has 2 unspecified atom stereocenters. The molecule has 5 aromatic carbocycles. The summed E-state index contributed by atoms with van der Waals surface area (Å²) in [7, 11) is 0. The maximum atomic E-state index is 4.96. The smallest absolute Gasteiger partial charge is 0.137 e. The highest BCUT2D eigenvalue weighted by molar-refractivity contribution is 6.13. The van der Waals surface area contributed by atoms with Crippen molar-refractivity contribution in [3.63, 3.8) is 0 Å². The van der Waals surface area contributed by atoms with Crippen LogP contribution >= 0.6 is 0 Å². The maximum Gasteiger partial charge on any atom is 0.137 e. The first kappa shape index (κ1) is 22.6. The summed E-state index contributed by atoms with van der Waals surface area (Å²) in [6.07, 6.45) is 13.4. The largest absolute Gasteiger partial charge is 0.306 e. The quantitative estimate of drug-likeness (QED) is 0.221. The summed E-state index contributed by atoms with van der Waals surface area (Å²) >= 11 is 0. The Balaban J connectivity index is 1.33. The van der Waals surface area contributed by atoms with Crippen molar-refractivity contribution in [3.05, 3.63) is 157 Å². The van der Waals surface area contributed by atoms with E-state index in [1.807, 2.05) is 12.1 Å². The Labute approximate surface area is 238 Å². The number of rotatable bonds is 2. The van der Waals surface area contributed by atoms with E-state index in [-0.39, 0.29) is 0 Å². The molecule has 0 N–H and O–H groups in total. The van der Waals surface area contributed by atoms with Crippen LogP contribution in [0, 0.1) is 0 Å². The molecule has 9 rings (SSSR count). The molecule has 0 spiro atoms. The van der Waals surface area contributed by atoms with E-state index in [1.54, 1.807) is 0 Å². The fourth-order valence-electron chi connectivity index (χ4n) is 7.22. The van der Waals surface area contributed by atoms with Gasteiger partial charge < -0.3 is 4.40 Å². The van der Waals surface area contributed by atoms with Gasteiger partial charge in [0.05, 0.1) is 5.69 Å². The van der Waals surface area contributed by atoms with E-state index in [1.165, 1.54) is 54.9 Å². The van der Waals surface area contributed by atoms with Gasteiger partial charge in [0.25, 0.3) is 0 Å². The van der Waals surface area contributed by atoms with Crippen molar-refractivity contribution in [3.8, 4) is 33.5 Å². The van der Waals surface area contributed by atoms with Gasteiger partial charge in [-0.25, -0.2) is 4.98 Å². The predicted molar refractivity (Wildman–Crippen MR) is 170 cm³/mol. The molecular formula is C39H26N2. The molecule has 2 nitrogen and oxygen atoms in total. The zero-order valence-corrected chi connectivity index (χ0v) is 22.4. The van der Waals surface area contributed by atoms with Crippen LogP contribution in [0.1, 0.15) is 23.0 Å². The monoisotopic (exact) mass is 522 g/mol. The molecule has 41 heavy (non-hydrogen) atoms. The zero-order valence-electron chi connectivity index (χ0n) is 22.4. The number of hydrogen-bond acceptors (Lipinski definition) is 1.